The summed E-state index contributed by atoms with van der Waals surface area (Å²) in [5.74, 6) is 0. The van der Waals surface area contributed by atoms with Crippen molar-refractivity contribution in [3.63, 3.8) is 0 Å². The van der Waals surface area contributed by atoms with Crippen molar-refractivity contribution in [2.75, 3.05) is 0 Å². The summed E-state index contributed by atoms with van der Waals surface area (Å²) in [5, 5.41) is 0. The number of fused-ring (bicyclic) bond motifs is 3. The van der Waals surface area contributed by atoms with E-state index < -0.39 is 0 Å². The average molecular weight is 326 g/mol. The van der Waals surface area contributed by atoms with E-state index in [2.05, 4.69) is 101 Å². The molecule has 0 atom stereocenters. The zero-order valence-corrected chi connectivity index (χ0v) is 15.9. The normalized spacial score (nSPS) is 14.9. The van der Waals surface area contributed by atoms with Crippen molar-refractivity contribution >= 4 is 0 Å². The molecule has 0 fully saturated rings. The highest BCUT2D eigenvalue weighted by Crippen LogP contribution is 2.52. The van der Waals surface area contributed by atoms with Crippen molar-refractivity contribution in [2.45, 2.75) is 45.4 Å². The van der Waals surface area contributed by atoms with Crippen LogP contribution in [0.15, 0.2) is 66.7 Å². The minimum atomic E-state index is 0.0542. The molecule has 126 valence electrons. The molecular formula is C25H26. The highest BCUT2D eigenvalue weighted by atomic mass is 14.4. The van der Waals surface area contributed by atoms with Gasteiger partial charge in [-0.15, -0.1) is 0 Å². The second-order valence-electron chi connectivity index (χ2n) is 8.69. The molecule has 0 aliphatic heterocycles. The predicted octanol–water partition coefficient (Wildman–Crippen LogP) is 6.96. The lowest BCUT2D eigenvalue weighted by Crippen LogP contribution is -2.15. The summed E-state index contributed by atoms with van der Waals surface area (Å²) in [6.07, 6.45) is 0. The fourth-order valence-electron chi connectivity index (χ4n) is 4.35. The average Bonchev–Trinajstić information content (AvgIpc) is 2.83. The van der Waals surface area contributed by atoms with Crippen LogP contribution in [-0.2, 0) is 10.8 Å². The SMILES string of the molecule is CC(C)(C)c1ccccc1-c1cccc2c1-c1ccccc1C2(C)C. The Labute approximate surface area is 151 Å². The van der Waals surface area contributed by atoms with Gasteiger partial charge in [0, 0.05) is 5.41 Å². The molecule has 0 heteroatoms. The Kier molecular flexibility index (Phi) is 3.44. The molecule has 1 aliphatic carbocycles. The summed E-state index contributed by atoms with van der Waals surface area (Å²) in [6, 6.07) is 24.6. The first-order valence-corrected chi connectivity index (χ1v) is 9.15. The summed E-state index contributed by atoms with van der Waals surface area (Å²) in [5.41, 5.74) is 9.99. The van der Waals surface area contributed by atoms with Gasteiger partial charge in [0.15, 0.2) is 0 Å². The van der Waals surface area contributed by atoms with Gasteiger partial charge in [0.1, 0.15) is 0 Å². The molecule has 0 saturated heterocycles. The van der Waals surface area contributed by atoms with Crippen LogP contribution in [0.2, 0.25) is 0 Å². The Balaban J connectivity index is 2.07. The van der Waals surface area contributed by atoms with Gasteiger partial charge >= 0.3 is 0 Å². The topological polar surface area (TPSA) is 0 Å². The number of hydrogen-bond donors (Lipinski definition) is 0. The molecule has 3 aromatic carbocycles. The quantitative estimate of drug-likeness (QED) is 0.453. The van der Waals surface area contributed by atoms with Gasteiger partial charge in [-0.3, -0.25) is 0 Å². The van der Waals surface area contributed by atoms with Gasteiger partial charge in [0.25, 0.3) is 0 Å². The molecule has 0 N–H and O–H groups in total. The van der Waals surface area contributed by atoms with E-state index in [4.69, 9.17) is 0 Å². The Hall–Kier alpha value is -2.34. The van der Waals surface area contributed by atoms with E-state index in [1.54, 1.807) is 0 Å². The van der Waals surface area contributed by atoms with Gasteiger partial charge in [0.05, 0.1) is 0 Å². The summed E-state index contributed by atoms with van der Waals surface area (Å²) >= 11 is 0. The van der Waals surface area contributed by atoms with Crippen LogP contribution in [0, 0.1) is 0 Å². The zero-order chi connectivity index (χ0) is 17.8. The van der Waals surface area contributed by atoms with Gasteiger partial charge < -0.3 is 0 Å². The summed E-state index contributed by atoms with van der Waals surface area (Å²) in [6.45, 7) is 11.6. The van der Waals surface area contributed by atoms with E-state index in [1.807, 2.05) is 0 Å². The third-order valence-electron chi connectivity index (χ3n) is 5.63. The van der Waals surface area contributed by atoms with E-state index in [0.717, 1.165) is 0 Å². The molecule has 0 spiro atoms. The largest absolute Gasteiger partial charge is 0.0619 e. The molecule has 3 aromatic rings. The maximum absolute atomic E-state index is 2.34. The van der Waals surface area contributed by atoms with Crippen LogP contribution in [0.1, 0.15) is 51.3 Å². The molecule has 0 nitrogen and oxygen atoms in total. The molecular weight excluding hydrogens is 300 g/mol. The van der Waals surface area contributed by atoms with Crippen LogP contribution in [0.3, 0.4) is 0 Å². The van der Waals surface area contributed by atoms with Crippen molar-refractivity contribution in [1.82, 2.24) is 0 Å². The predicted molar refractivity (Wildman–Crippen MR) is 108 cm³/mol. The van der Waals surface area contributed by atoms with E-state index in [1.165, 1.54) is 38.9 Å². The van der Waals surface area contributed by atoms with Crippen LogP contribution in [0.25, 0.3) is 22.3 Å². The number of hydrogen-bond acceptors (Lipinski definition) is 0. The lowest BCUT2D eigenvalue weighted by atomic mass is 9.79. The summed E-state index contributed by atoms with van der Waals surface area (Å²) < 4.78 is 0. The second-order valence-corrected chi connectivity index (χ2v) is 8.69. The Morgan fingerprint density at radius 2 is 1.16 bits per heavy atom. The Morgan fingerprint density at radius 1 is 0.600 bits per heavy atom. The van der Waals surface area contributed by atoms with E-state index >= 15 is 0 Å². The zero-order valence-electron chi connectivity index (χ0n) is 15.9. The molecule has 0 saturated carbocycles. The van der Waals surface area contributed by atoms with Crippen molar-refractivity contribution < 1.29 is 0 Å². The first-order chi connectivity index (χ1) is 11.8. The molecule has 1 aliphatic rings. The molecule has 4 rings (SSSR count). The third-order valence-corrected chi connectivity index (χ3v) is 5.63. The fraction of sp³-hybridized carbons (Fsp3) is 0.280. The van der Waals surface area contributed by atoms with Crippen molar-refractivity contribution in [2.24, 2.45) is 0 Å². The van der Waals surface area contributed by atoms with Gasteiger partial charge in [0.2, 0.25) is 0 Å². The fourth-order valence-corrected chi connectivity index (χ4v) is 4.35. The maximum Gasteiger partial charge on any atom is 0.0159 e. The lowest BCUT2D eigenvalue weighted by molar-refractivity contribution is 0.592. The van der Waals surface area contributed by atoms with Crippen molar-refractivity contribution in [1.29, 1.82) is 0 Å². The minimum Gasteiger partial charge on any atom is -0.0619 e. The van der Waals surface area contributed by atoms with Gasteiger partial charge in [-0.2, -0.15) is 0 Å². The number of benzene rings is 3. The molecule has 25 heavy (non-hydrogen) atoms. The third kappa shape index (κ3) is 2.35. The van der Waals surface area contributed by atoms with E-state index in [-0.39, 0.29) is 10.8 Å². The second kappa shape index (κ2) is 5.33. The van der Waals surface area contributed by atoms with Gasteiger partial charge in [-0.05, 0) is 44.4 Å². The minimum absolute atomic E-state index is 0.0542. The molecule has 0 unspecified atom stereocenters. The Morgan fingerprint density at radius 3 is 1.88 bits per heavy atom. The molecule has 0 heterocycles. The van der Waals surface area contributed by atoms with Crippen LogP contribution >= 0.6 is 0 Å². The smallest absolute Gasteiger partial charge is 0.0159 e. The Bertz CT molecular complexity index is 952. The highest BCUT2D eigenvalue weighted by Gasteiger charge is 2.36. The van der Waals surface area contributed by atoms with Crippen LogP contribution < -0.4 is 0 Å². The van der Waals surface area contributed by atoms with Gasteiger partial charge in [-0.25, -0.2) is 0 Å². The first kappa shape index (κ1) is 16.1. The summed E-state index contributed by atoms with van der Waals surface area (Å²) in [4.78, 5) is 0. The van der Waals surface area contributed by atoms with E-state index in [9.17, 15) is 0 Å². The van der Waals surface area contributed by atoms with Crippen LogP contribution in [-0.4, -0.2) is 0 Å². The maximum atomic E-state index is 2.34. The molecule has 0 radical (unpaired) electrons. The van der Waals surface area contributed by atoms with Crippen molar-refractivity contribution in [3.8, 4) is 22.3 Å². The monoisotopic (exact) mass is 326 g/mol. The lowest BCUT2D eigenvalue weighted by Gasteiger charge is -2.25. The molecule has 0 amide bonds. The van der Waals surface area contributed by atoms with Crippen LogP contribution in [0.5, 0.6) is 0 Å². The van der Waals surface area contributed by atoms with E-state index in [0.29, 0.717) is 0 Å². The van der Waals surface area contributed by atoms with Crippen molar-refractivity contribution in [3.05, 3.63) is 83.4 Å². The van der Waals surface area contributed by atoms with Crippen LogP contribution in [0.4, 0.5) is 0 Å². The molecule has 0 aromatic heterocycles. The summed E-state index contributed by atoms with van der Waals surface area (Å²) in [7, 11) is 0. The standard InChI is InChI=1S/C25H26/c1-24(2,3)20-14-8-6-11-17(20)18-13-10-16-22-23(18)19-12-7-9-15-21(19)25(22,4)5/h6-16H,1-5H3. The number of rotatable bonds is 1. The first-order valence-electron chi connectivity index (χ1n) is 9.15. The molecule has 0 bridgehead atoms. The van der Waals surface area contributed by atoms with Gasteiger partial charge in [-0.1, -0.05) is 101 Å². The highest BCUT2D eigenvalue weighted by molar-refractivity contribution is 5.93.